The first-order valence-corrected chi connectivity index (χ1v) is 9.16. The lowest BCUT2D eigenvalue weighted by atomic mass is 10.0. The van der Waals surface area contributed by atoms with Crippen LogP contribution in [0.25, 0.3) is 10.9 Å². The van der Waals surface area contributed by atoms with Crippen molar-refractivity contribution in [3.63, 3.8) is 0 Å². The molecule has 0 radical (unpaired) electrons. The van der Waals surface area contributed by atoms with Crippen molar-refractivity contribution >= 4 is 28.4 Å². The van der Waals surface area contributed by atoms with Crippen molar-refractivity contribution in [2.75, 3.05) is 18.5 Å². The molecule has 0 atom stereocenters. The van der Waals surface area contributed by atoms with E-state index in [1.165, 1.54) is 12.1 Å². The highest BCUT2D eigenvalue weighted by atomic mass is 19.1. The molecule has 0 saturated heterocycles. The van der Waals surface area contributed by atoms with Crippen LogP contribution in [0.4, 0.5) is 10.1 Å². The van der Waals surface area contributed by atoms with Gasteiger partial charge in [0.2, 0.25) is 5.91 Å². The van der Waals surface area contributed by atoms with Crippen molar-refractivity contribution in [3.8, 4) is 5.75 Å². The van der Waals surface area contributed by atoms with E-state index in [0.717, 1.165) is 27.7 Å². The number of aromatic nitrogens is 1. The second-order valence-corrected chi connectivity index (χ2v) is 6.76. The summed E-state index contributed by atoms with van der Waals surface area (Å²) in [5.41, 5.74) is 3.61. The average Bonchev–Trinajstić information content (AvgIpc) is 3.08. The molecule has 7 heteroatoms. The zero-order valence-electron chi connectivity index (χ0n) is 15.2. The van der Waals surface area contributed by atoms with Gasteiger partial charge in [0.25, 0.3) is 5.91 Å². The van der Waals surface area contributed by atoms with E-state index < -0.39 is 0 Å². The van der Waals surface area contributed by atoms with Crippen LogP contribution >= 0.6 is 0 Å². The molecule has 0 bridgehead atoms. The summed E-state index contributed by atoms with van der Waals surface area (Å²) in [4.78, 5) is 26.6. The Morgan fingerprint density at radius 1 is 1.18 bits per heavy atom. The molecule has 144 valence electrons. The molecule has 1 aromatic heterocycles. The molecule has 0 aliphatic carbocycles. The predicted octanol–water partition coefficient (Wildman–Crippen LogP) is 2.93. The number of nitrogens with one attached hydrogen (secondary N) is 3. The topological polar surface area (TPSA) is 83.2 Å². The van der Waals surface area contributed by atoms with Crippen LogP contribution in [-0.2, 0) is 22.4 Å². The number of carbonyl (C=O) groups excluding carboxylic acids is 2. The summed E-state index contributed by atoms with van der Waals surface area (Å²) in [5, 5.41) is 6.43. The van der Waals surface area contributed by atoms with Gasteiger partial charge in [-0.25, -0.2) is 4.39 Å². The lowest BCUT2D eigenvalue weighted by Gasteiger charge is -2.17. The molecule has 0 fully saturated rings. The zero-order chi connectivity index (χ0) is 19.5. The Bertz CT molecular complexity index is 1040. The van der Waals surface area contributed by atoms with Crippen LogP contribution in [-0.4, -0.2) is 29.9 Å². The maximum absolute atomic E-state index is 13.4. The number of hydrogen-bond donors (Lipinski definition) is 3. The third kappa shape index (κ3) is 3.98. The number of halogens is 1. The Labute approximate surface area is 161 Å². The van der Waals surface area contributed by atoms with Gasteiger partial charge in [-0.1, -0.05) is 6.07 Å². The molecular weight excluding hydrogens is 361 g/mol. The molecule has 3 aromatic rings. The second-order valence-electron chi connectivity index (χ2n) is 6.76. The molecule has 6 nitrogen and oxygen atoms in total. The highest BCUT2D eigenvalue weighted by Crippen LogP contribution is 2.27. The molecule has 0 unspecified atom stereocenters. The van der Waals surface area contributed by atoms with Gasteiger partial charge in [-0.15, -0.1) is 0 Å². The number of anilines is 1. The number of hydrogen-bond acceptors (Lipinski definition) is 3. The van der Waals surface area contributed by atoms with E-state index in [2.05, 4.69) is 15.6 Å². The molecule has 0 spiro atoms. The van der Waals surface area contributed by atoms with Crippen molar-refractivity contribution in [2.24, 2.45) is 0 Å². The molecular formula is C21H20FN3O3. The van der Waals surface area contributed by atoms with Gasteiger partial charge in [-0.05, 0) is 48.2 Å². The smallest absolute Gasteiger partial charge is 0.257 e. The second kappa shape index (κ2) is 7.72. The van der Waals surface area contributed by atoms with Gasteiger partial charge in [0.15, 0.2) is 6.61 Å². The van der Waals surface area contributed by atoms with Crippen LogP contribution in [0.2, 0.25) is 0 Å². The van der Waals surface area contributed by atoms with E-state index >= 15 is 0 Å². The standard InChI is InChI=1S/C21H20FN3O3/c22-15-3-5-18-17(9-15)14(11-24-18)7-8-23-21(27)12-28-16-4-1-13-2-6-20(26)25-19(13)10-16/h1,3-5,9-11,24H,2,6-8,12H2,(H,23,27)(H,25,26). The third-order valence-electron chi connectivity index (χ3n) is 4.79. The van der Waals surface area contributed by atoms with E-state index in [1.54, 1.807) is 18.2 Å². The summed E-state index contributed by atoms with van der Waals surface area (Å²) in [6, 6.07) is 10.0. The molecule has 2 heterocycles. The summed E-state index contributed by atoms with van der Waals surface area (Å²) in [7, 11) is 0. The first kappa shape index (κ1) is 18.0. The Morgan fingerprint density at radius 2 is 2.07 bits per heavy atom. The monoisotopic (exact) mass is 381 g/mol. The largest absolute Gasteiger partial charge is 0.484 e. The fraction of sp³-hybridized carbons (Fsp3) is 0.238. The molecule has 2 amide bonds. The van der Waals surface area contributed by atoms with E-state index in [1.807, 2.05) is 12.3 Å². The van der Waals surface area contributed by atoms with Gasteiger partial charge >= 0.3 is 0 Å². The van der Waals surface area contributed by atoms with Gasteiger partial charge in [-0.3, -0.25) is 9.59 Å². The molecule has 2 aromatic carbocycles. The Kier molecular flexibility index (Phi) is 4.97. The van der Waals surface area contributed by atoms with Gasteiger partial charge in [0, 0.05) is 41.8 Å². The number of aryl methyl sites for hydroxylation is 1. The van der Waals surface area contributed by atoms with Crippen LogP contribution in [0.15, 0.2) is 42.6 Å². The average molecular weight is 381 g/mol. The van der Waals surface area contributed by atoms with E-state index in [4.69, 9.17) is 4.74 Å². The van der Waals surface area contributed by atoms with Gasteiger partial charge in [0.1, 0.15) is 11.6 Å². The van der Waals surface area contributed by atoms with E-state index in [0.29, 0.717) is 31.6 Å². The zero-order valence-corrected chi connectivity index (χ0v) is 15.2. The van der Waals surface area contributed by atoms with Crippen molar-refractivity contribution in [2.45, 2.75) is 19.3 Å². The van der Waals surface area contributed by atoms with Crippen LogP contribution in [0.5, 0.6) is 5.75 Å². The van der Waals surface area contributed by atoms with Crippen molar-refractivity contribution in [1.82, 2.24) is 10.3 Å². The summed E-state index contributed by atoms with van der Waals surface area (Å²) < 4.78 is 18.9. The van der Waals surface area contributed by atoms with Crippen LogP contribution < -0.4 is 15.4 Å². The first-order valence-electron chi connectivity index (χ1n) is 9.16. The number of amides is 2. The number of benzene rings is 2. The van der Waals surface area contributed by atoms with E-state index in [-0.39, 0.29) is 24.2 Å². The number of ether oxygens (including phenoxy) is 1. The predicted molar refractivity (Wildman–Crippen MR) is 104 cm³/mol. The molecule has 0 saturated carbocycles. The lowest BCUT2D eigenvalue weighted by Crippen LogP contribution is -2.30. The minimum absolute atomic E-state index is 0.0143. The lowest BCUT2D eigenvalue weighted by molar-refractivity contribution is -0.123. The quantitative estimate of drug-likeness (QED) is 0.614. The van der Waals surface area contributed by atoms with Crippen LogP contribution in [0, 0.1) is 5.82 Å². The maximum atomic E-state index is 13.4. The molecule has 1 aliphatic heterocycles. The maximum Gasteiger partial charge on any atom is 0.257 e. The highest BCUT2D eigenvalue weighted by molar-refractivity contribution is 5.94. The number of fused-ring (bicyclic) bond motifs is 2. The van der Waals surface area contributed by atoms with E-state index in [9.17, 15) is 14.0 Å². The number of rotatable bonds is 6. The minimum atomic E-state index is -0.285. The number of H-pyrrole nitrogens is 1. The number of carbonyl (C=O) groups is 2. The number of aromatic amines is 1. The first-order chi connectivity index (χ1) is 13.6. The van der Waals surface area contributed by atoms with Gasteiger partial charge < -0.3 is 20.4 Å². The fourth-order valence-corrected chi connectivity index (χ4v) is 3.33. The van der Waals surface area contributed by atoms with Gasteiger partial charge in [-0.2, -0.15) is 0 Å². The molecule has 3 N–H and O–H groups in total. The molecule has 4 rings (SSSR count). The summed E-state index contributed by atoms with van der Waals surface area (Å²) in [6.45, 7) is 0.307. The fourth-order valence-electron chi connectivity index (χ4n) is 3.33. The van der Waals surface area contributed by atoms with Crippen molar-refractivity contribution in [3.05, 3.63) is 59.5 Å². The Hall–Kier alpha value is -3.35. The van der Waals surface area contributed by atoms with Crippen LogP contribution in [0.1, 0.15) is 17.5 Å². The van der Waals surface area contributed by atoms with Crippen LogP contribution in [0.3, 0.4) is 0 Å². The SMILES string of the molecule is O=C(COc1ccc2c(c1)NC(=O)CC2)NCCc1c[nH]c2ccc(F)cc12. The summed E-state index contributed by atoms with van der Waals surface area (Å²) in [6.07, 6.45) is 3.60. The highest BCUT2D eigenvalue weighted by Gasteiger charge is 2.15. The summed E-state index contributed by atoms with van der Waals surface area (Å²) in [5.74, 6) is -0.0115. The van der Waals surface area contributed by atoms with Crippen molar-refractivity contribution < 1.29 is 18.7 Å². The normalized spacial score (nSPS) is 13.1. The molecule has 1 aliphatic rings. The third-order valence-corrected chi connectivity index (χ3v) is 4.79. The Balaban J connectivity index is 1.27. The van der Waals surface area contributed by atoms with Crippen molar-refractivity contribution in [1.29, 1.82) is 0 Å². The summed E-state index contributed by atoms with van der Waals surface area (Å²) >= 11 is 0. The molecule has 28 heavy (non-hydrogen) atoms. The van der Waals surface area contributed by atoms with Gasteiger partial charge in [0.05, 0.1) is 0 Å². The Morgan fingerprint density at radius 3 is 2.96 bits per heavy atom. The minimum Gasteiger partial charge on any atom is -0.484 e.